The van der Waals surface area contributed by atoms with Crippen molar-refractivity contribution in [1.29, 1.82) is 0 Å². The molecule has 0 bridgehead atoms. The van der Waals surface area contributed by atoms with E-state index in [0.717, 1.165) is 11.3 Å². The van der Waals surface area contributed by atoms with Crippen LogP contribution < -0.4 is 9.04 Å². The maximum absolute atomic E-state index is 13.0. The van der Waals surface area contributed by atoms with E-state index in [9.17, 15) is 13.2 Å². The van der Waals surface area contributed by atoms with Crippen LogP contribution in [0.5, 0.6) is 5.75 Å². The van der Waals surface area contributed by atoms with Gasteiger partial charge in [-0.25, -0.2) is 18.4 Å². The highest BCUT2D eigenvalue weighted by molar-refractivity contribution is 7.92. The average molecular weight is 451 g/mol. The van der Waals surface area contributed by atoms with Crippen LogP contribution in [0.3, 0.4) is 0 Å². The molecule has 0 amide bonds. The summed E-state index contributed by atoms with van der Waals surface area (Å²) in [6.07, 6.45) is 3.16. The first-order chi connectivity index (χ1) is 15.4. The second-order valence-corrected chi connectivity index (χ2v) is 9.38. The van der Waals surface area contributed by atoms with Crippen molar-refractivity contribution in [3.05, 3.63) is 78.4 Å². The van der Waals surface area contributed by atoms with Crippen molar-refractivity contribution in [3.63, 3.8) is 0 Å². The normalized spacial score (nSPS) is 11.5. The van der Waals surface area contributed by atoms with Crippen molar-refractivity contribution in [3.8, 4) is 17.0 Å². The summed E-state index contributed by atoms with van der Waals surface area (Å²) < 4.78 is 32.7. The van der Waals surface area contributed by atoms with Crippen LogP contribution in [-0.2, 0) is 10.0 Å². The van der Waals surface area contributed by atoms with Crippen molar-refractivity contribution in [2.75, 3.05) is 24.2 Å². The zero-order valence-electron chi connectivity index (χ0n) is 17.9. The molecule has 0 unspecified atom stereocenters. The van der Waals surface area contributed by atoms with Gasteiger partial charge in [0, 0.05) is 24.4 Å². The molecule has 0 spiro atoms. The number of carbonyl (C=O) groups is 1. The third-order valence-corrected chi connectivity index (χ3v) is 7.06. The Morgan fingerprint density at radius 3 is 2.53 bits per heavy atom. The van der Waals surface area contributed by atoms with Gasteiger partial charge in [0.05, 0.1) is 24.2 Å². The molecule has 164 valence electrons. The fourth-order valence-corrected chi connectivity index (χ4v) is 4.21. The molecular formula is C23H22N4O4S. The number of ketones is 1. The van der Waals surface area contributed by atoms with Crippen molar-refractivity contribution in [2.24, 2.45) is 0 Å². The topological polar surface area (TPSA) is 93.9 Å². The molecule has 32 heavy (non-hydrogen) atoms. The lowest BCUT2D eigenvalue weighted by molar-refractivity contribution is 0.103. The van der Waals surface area contributed by atoms with Gasteiger partial charge < -0.3 is 4.74 Å². The van der Waals surface area contributed by atoms with E-state index >= 15 is 0 Å². The molecule has 0 aliphatic rings. The Morgan fingerprint density at radius 2 is 1.84 bits per heavy atom. The van der Waals surface area contributed by atoms with Crippen LogP contribution in [0.2, 0.25) is 0 Å². The van der Waals surface area contributed by atoms with Crippen molar-refractivity contribution < 1.29 is 17.9 Å². The van der Waals surface area contributed by atoms with E-state index < -0.39 is 10.0 Å². The minimum Gasteiger partial charge on any atom is -0.497 e. The predicted molar refractivity (Wildman–Crippen MR) is 123 cm³/mol. The van der Waals surface area contributed by atoms with Crippen LogP contribution in [0, 0.1) is 0 Å². The van der Waals surface area contributed by atoms with Crippen LogP contribution in [-0.4, -0.2) is 48.5 Å². The van der Waals surface area contributed by atoms with Gasteiger partial charge in [-0.15, -0.1) is 0 Å². The predicted octanol–water partition coefficient (Wildman–Crippen LogP) is 3.42. The number of methoxy groups -OCH3 is 1. The molecule has 4 rings (SSSR count). The van der Waals surface area contributed by atoms with Gasteiger partial charge in [0.25, 0.3) is 0 Å². The summed E-state index contributed by atoms with van der Waals surface area (Å²) in [5.41, 5.74) is 3.19. The molecule has 0 aliphatic heterocycles. The fourth-order valence-electron chi connectivity index (χ4n) is 3.39. The molecule has 0 saturated heterocycles. The molecule has 2 aromatic heterocycles. The average Bonchev–Trinajstić information content (AvgIpc) is 3.27. The number of ether oxygens (including phenoxy) is 1. The van der Waals surface area contributed by atoms with E-state index in [1.807, 2.05) is 6.07 Å². The number of nitrogens with zero attached hydrogens (tertiary/aromatic N) is 4. The lowest BCUT2D eigenvalue weighted by Crippen LogP contribution is -2.27. The number of imidazole rings is 1. The van der Waals surface area contributed by atoms with Gasteiger partial charge in [-0.3, -0.25) is 13.5 Å². The highest BCUT2D eigenvalue weighted by atomic mass is 32.2. The first kappa shape index (κ1) is 21.5. The largest absolute Gasteiger partial charge is 0.497 e. The minimum atomic E-state index is -3.39. The molecule has 0 atom stereocenters. The Balaban J connectivity index is 1.76. The van der Waals surface area contributed by atoms with Gasteiger partial charge in [-0.2, -0.15) is 0 Å². The number of hydrogen-bond acceptors (Lipinski definition) is 6. The quantitative estimate of drug-likeness (QED) is 0.401. The molecule has 2 heterocycles. The van der Waals surface area contributed by atoms with Crippen LogP contribution in [0.15, 0.2) is 67.1 Å². The number of sulfonamides is 1. The standard InChI is InChI=1S/C23H22N4O4S/c1-4-32(29,30)26(2)18-7-5-6-17(14-18)20-12-13-24-23-21(25-15-27(20)23)22(28)16-8-10-19(31-3)11-9-16/h5-15H,4H2,1-3H3. The van der Waals surface area contributed by atoms with Crippen LogP contribution in [0.1, 0.15) is 23.0 Å². The number of benzene rings is 2. The number of anilines is 1. The summed E-state index contributed by atoms with van der Waals surface area (Å²) >= 11 is 0. The number of hydrogen-bond donors (Lipinski definition) is 0. The number of aromatic nitrogens is 3. The second kappa shape index (κ2) is 8.43. The van der Waals surface area contributed by atoms with Crippen molar-refractivity contribution in [1.82, 2.24) is 14.4 Å². The zero-order valence-corrected chi connectivity index (χ0v) is 18.7. The van der Waals surface area contributed by atoms with Gasteiger partial charge >= 0.3 is 0 Å². The molecule has 9 heteroatoms. The van der Waals surface area contributed by atoms with Gasteiger partial charge in [0.15, 0.2) is 11.3 Å². The molecule has 8 nitrogen and oxygen atoms in total. The van der Waals surface area contributed by atoms with E-state index in [4.69, 9.17) is 4.74 Å². The van der Waals surface area contributed by atoms with Gasteiger partial charge in [-0.1, -0.05) is 12.1 Å². The molecule has 0 fully saturated rings. The molecule has 0 N–H and O–H groups in total. The number of fused-ring (bicyclic) bond motifs is 1. The molecule has 0 radical (unpaired) electrons. The summed E-state index contributed by atoms with van der Waals surface area (Å²) in [6.45, 7) is 1.61. The summed E-state index contributed by atoms with van der Waals surface area (Å²) in [4.78, 5) is 21.7. The van der Waals surface area contributed by atoms with Crippen LogP contribution >= 0.6 is 0 Å². The molecule has 0 saturated carbocycles. The maximum Gasteiger partial charge on any atom is 0.234 e. The lowest BCUT2D eigenvalue weighted by atomic mass is 10.1. The third-order valence-electron chi connectivity index (χ3n) is 5.29. The Hall–Kier alpha value is -3.72. The van der Waals surface area contributed by atoms with Crippen LogP contribution in [0.4, 0.5) is 5.69 Å². The molecule has 2 aromatic carbocycles. The Bertz CT molecular complexity index is 1400. The Kier molecular flexibility index (Phi) is 5.67. The SMILES string of the molecule is CCS(=O)(=O)N(C)c1cccc(-c2ccnc3c(C(=O)c4ccc(OC)cc4)ncn23)c1. The maximum atomic E-state index is 13.0. The van der Waals surface area contributed by atoms with E-state index in [0.29, 0.717) is 22.6 Å². The van der Waals surface area contributed by atoms with E-state index in [-0.39, 0.29) is 17.2 Å². The fraction of sp³-hybridized carbons (Fsp3) is 0.174. The number of carbonyl (C=O) groups excluding carboxylic acids is 1. The van der Waals surface area contributed by atoms with E-state index in [1.54, 1.807) is 79.5 Å². The van der Waals surface area contributed by atoms with Crippen molar-refractivity contribution in [2.45, 2.75) is 6.92 Å². The summed E-state index contributed by atoms with van der Waals surface area (Å²) in [5, 5.41) is 0. The minimum absolute atomic E-state index is 0.00554. The van der Waals surface area contributed by atoms with E-state index in [2.05, 4.69) is 9.97 Å². The van der Waals surface area contributed by atoms with Crippen molar-refractivity contribution >= 4 is 27.1 Å². The first-order valence-corrected chi connectivity index (χ1v) is 11.5. The van der Waals surface area contributed by atoms with Gasteiger partial charge in [0.1, 0.15) is 12.1 Å². The first-order valence-electron chi connectivity index (χ1n) is 9.93. The molecular weight excluding hydrogens is 428 g/mol. The Labute approximate surface area is 186 Å². The highest BCUT2D eigenvalue weighted by Gasteiger charge is 2.20. The zero-order chi connectivity index (χ0) is 22.9. The molecule has 0 aliphatic carbocycles. The Morgan fingerprint density at radius 1 is 1.09 bits per heavy atom. The van der Waals surface area contributed by atoms with E-state index in [1.165, 1.54) is 11.4 Å². The summed E-state index contributed by atoms with van der Waals surface area (Å²) in [5.74, 6) is 0.417. The smallest absolute Gasteiger partial charge is 0.234 e. The van der Waals surface area contributed by atoms with Gasteiger partial charge in [-0.05, 0) is 49.4 Å². The second-order valence-electron chi connectivity index (χ2n) is 7.09. The van der Waals surface area contributed by atoms with Crippen LogP contribution in [0.25, 0.3) is 16.9 Å². The summed E-state index contributed by atoms with van der Waals surface area (Å²) in [7, 11) is -0.292. The summed E-state index contributed by atoms with van der Waals surface area (Å²) in [6, 6.07) is 15.8. The lowest BCUT2D eigenvalue weighted by Gasteiger charge is -2.19. The van der Waals surface area contributed by atoms with Gasteiger partial charge in [0.2, 0.25) is 15.8 Å². The molecule has 4 aromatic rings. The highest BCUT2D eigenvalue weighted by Crippen LogP contribution is 2.27. The monoisotopic (exact) mass is 450 g/mol. The number of rotatable bonds is 7. The third kappa shape index (κ3) is 3.82.